The molecule has 3 atom stereocenters. The van der Waals surface area contributed by atoms with E-state index in [1.807, 2.05) is 11.8 Å². The molecule has 1 fully saturated rings. The van der Waals surface area contributed by atoms with Crippen molar-refractivity contribution in [1.29, 1.82) is 5.26 Å². The summed E-state index contributed by atoms with van der Waals surface area (Å²) in [5, 5.41) is 9.19. The molecule has 0 spiro atoms. The molecule has 0 saturated heterocycles. The third-order valence-electron chi connectivity index (χ3n) is 3.85. The SMILES string of the molecule is CSCCC(C)N(C)C1CCCCC1C#N. The Morgan fingerprint density at radius 2 is 2.12 bits per heavy atom. The predicted molar refractivity (Wildman–Crippen MR) is 71.6 cm³/mol. The Kier molecular flexibility index (Phi) is 6.23. The van der Waals surface area contributed by atoms with Gasteiger partial charge in [0.2, 0.25) is 0 Å². The van der Waals surface area contributed by atoms with Crippen LogP contribution in [0.2, 0.25) is 0 Å². The minimum absolute atomic E-state index is 0.260. The first-order valence-corrected chi connectivity index (χ1v) is 7.70. The molecule has 0 bridgehead atoms. The van der Waals surface area contributed by atoms with E-state index in [-0.39, 0.29) is 5.92 Å². The molecule has 2 nitrogen and oxygen atoms in total. The van der Waals surface area contributed by atoms with E-state index in [1.165, 1.54) is 31.4 Å². The second-order valence-corrected chi connectivity index (χ2v) is 5.87. The van der Waals surface area contributed by atoms with Gasteiger partial charge in [0.05, 0.1) is 12.0 Å². The van der Waals surface area contributed by atoms with Crippen molar-refractivity contribution < 1.29 is 0 Å². The largest absolute Gasteiger partial charge is 0.299 e. The van der Waals surface area contributed by atoms with Gasteiger partial charge in [-0.05, 0) is 45.2 Å². The van der Waals surface area contributed by atoms with E-state index in [2.05, 4.69) is 31.2 Å². The molecule has 1 saturated carbocycles. The highest BCUT2D eigenvalue weighted by atomic mass is 32.2. The maximum absolute atomic E-state index is 9.19. The van der Waals surface area contributed by atoms with Crippen LogP contribution in [-0.4, -0.2) is 36.0 Å². The minimum Gasteiger partial charge on any atom is -0.299 e. The molecule has 0 aromatic carbocycles. The Hall–Kier alpha value is -0.200. The standard InChI is InChI=1S/C13H24N2S/c1-11(8-9-16-3)15(2)13-7-5-4-6-12(13)10-14/h11-13H,4-9H2,1-3H3. The van der Waals surface area contributed by atoms with Crippen LogP contribution in [0.1, 0.15) is 39.0 Å². The van der Waals surface area contributed by atoms with Gasteiger partial charge < -0.3 is 0 Å². The number of nitrogens with zero attached hydrogens (tertiary/aromatic N) is 2. The molecular weight excluding hydrogens is 216 g/mol. The zero-order chi connectivity index (χ0) is 12.0. The van der Waals surface area contributed by atoms with Crippen LogP contribution in [0.5, 0.6) is 0 Å². The molecule has 1 aliphatic rings. The summed E-state index contributed by atoms with van der Waals surface area (Å²) in [6, 6.07) is 3.60. The fourth-order valence-corrected chi connectivity index (χ4v) is 3.15. The highest BCUT2D eigenvalue weighted by Gasteiger charge is 2.30. The fourth-order valence-electron chi connectivity index (χ4n) is 2.57. The van der Waals surface area contributed by atoms with Crippen LogP contribution < -0.4 is 0 Å². The van der Waals surface area contributed by atoms with Crippen LogP contribution in [-0.2, 0) is 0 Å². The van der Waals surface area contributed by atoms with Gasteiger partial charge in [-0.25, -0.2) is 0 Å². The molecule has 3 heteroatoms. The van der Waals surface area contributed by atoms with Gasteiger partial charge in [-0.2, -0.15) is 17.0 Å². The highest BCUT2D eigenvalue weighted by Crippen LogP contribution is 2.28. The monoisotopic (exact) mass is 240 g/mol. The van der Waals surface area contributed by atoms with Gasteiger partial charge in [-0.1, -0.05) is 12.8 Å². The molecule has 16 heavy (non-hydrogen) atoms. The Balaban J connectivity index is 2.50. The van der Waals surface area contributed by atoms with E-state index >= 15 is 0 Å². The summed E-state index contributed by atoms with van der Waals surface area (Å²) >= 11 is 1.91. The summed E-state index contributed by atoms with van der Waals surface area (Å²) in [5.74, 6) is 1.48. The lowest BCUT2D eigenvalue weighted by molar-refractivity contribution is 0.116. The second kappa shape index (κ2) is 7.19. The van der Waals surface area contributed by atoms with Crippen LogP contribution in [0.3, 0.4) is 0 Å². The lowest BCUT2D eigenvalue weighted by Gasteiger charge is -2.38. The molecular formula is C13H24N2S. The lowest BCUT2D eigenvalue weighted by Crippen LogP contribution is -2.44. The normalized spacial score (nSPS) is 27.7. The Morgan fingerprint density at radius 1 is 1.44 bits per heavy atom. The summed E-state index contributed by atoms with van der Waals surface area (Å²) in [7, 11) is 2.20. The summed E-state index contributed by atoms with van der Waals surface area (Å²) in [6.45, 7) is 2.29. The Bertz CT molecular complexity index is 237. The summed E-state index contributed by atoms with van der Waals surface area (Å²) in [6.07, 6.45) is 8.22. The average Bonchev–Trinajstić information content (AvgIpc) is 2.34. The molecule has 1 aliphatic carbocycles. The quantitative estimate of drug-likeness (QED) is 0.738. The van der Waals surface area contributed by atoms with E-state index in [4.69, 9.17) is 0 Å². The number of nitriles is 1. The first kappa shape index (κ1) is 13.9. The molecule has 92 valence electrons. The van der Waals surface area contributed by atoms with Gasteiger partial charge in [0.1, 0.15) is 0 Å². The summed E-state index contributed by atoms with van der Waals surface area (Å²) < 4.78 is 0. The fraction of sp³-hybridized carbons (Fsp3) is 0.923. The smallest absolute Gasteiger partial charge is 0.0672 e. The number of hydrogen-bond donors (Lipinski definition) is 0. The molecule has 0 radical (unpaired) electrons. The average molecular weight is 240 g/mol. The van der Waals surface area contributed by atoms with Gasteiger partial charge in [0.15, 0.2) is 0 Å². The molecule has 3 unspecified atom stereocenters. The topological polar surface area (TPSA) is 27.0 Å². The highest BCUT2D eigenvalue weighted by molar-refractivity contribution is 7.98. The minimum atomic E-state index is 0.260. The molecule has 0 aromatic rings. The van der Waals surface area contributed by atoms with Crippen molar-refractivity contribution in [3.63, 3.8) is 0 Å². The zero-order valence-corrected chi connectivity index (χ0v) is 11.6. The maximum atomic E-state index is 9.19. The first-order chi connectivity index (χ1) is 7.70. The van der Waals surface area contributed by atoms with Crippen LogP contribution in [0, 0.1) is 17.2 Å². The maximum Gasteiger partial charge on any atom is 0.0672 e. The van der Waals surface area contributed by atoms with Crippen molar-refractivity contribution in [1.82, 2.24) is 4.90 Å². The number of thioether (sulfide) groups is 1. The van der Waals surface area contributed by atoms with Crippen molar-refractivity contribution in [3.05, 3.63) is 0 Å². The van der Waals surface area contributed by atoms with Gasteiger partial charge >= 0.3 is 0 Å². The number of rotatable bonds is 5. The van der Waals surface area contributed by atoms with Crippen LogP contribution >= 0.6 is 11.8 Å². The zero-order valence-electron chi connectivity index (χ0n) is 10.8. The van der Waals surface area contributed by atoms with E-state index in [0.717, 1.165) is 6.42 Å². The van der Waals surface area contributed by atoms with Crippen molar-refractivity contribution in [2.24, 2.45) is 5.92 Å². The van der Waals surface area contributed by atoms with Gasteiger partial charge in [0.25, 0.3) is 0 Å². The summed E-state index contributed by atoms with van der Waals surface area (Å²) in [5.41, 5.74) is 0. The van der Waals surface area contributed by atoms with E-state index in [1.54, 1.807) is 0 Å². The van der Waals surface area contributed by atoms with Gasteiger partial charge in [0, 0.05) is 12.1 Å². The van der Waals surface area contributed by atoms with Crippen LogP contribution in [0.15, 0.2) is 0 Å². The van der Waals surface area contributed by atoms with E-state index in [0.29, 0.717) is 12.1 Å². The Morgan fingerprint density at radius 3 is 2.75 bits per heavy atom. The van der Waals surface area contributed by atoms with E-state index in [9.17, 15) is 5.26 Å². The van der Waals surface area contributed by atoms with Crippen molar-refractivity contribution >= 4 is 11.8 Å². The summed E-state index contributed by atoms with van der Waals surface area (Å²) in [4.78, 5) is 2.45. The third-order valence-corrected chi connectivity index (χ3v) is 4.50. The lowest BCUT2D eigenvalue weighted by atomic mass is 9.84. The molecule has 1 rings (SSSR count). The van der Waals surface area contributed by atoms with Crippen LogP contribution in [0.25, 0.3) is 0 Å². The third kappa shape index (κ3) is 3.68. The van der Waals surface area contributed by atoms with Crippen molar-refractivity contribution in [3.8, 4) is 6.07 Å². The predicted octanol–water partition coefficient (Wildman–Crippen LogP) is 3.14. The molecule has 0 aliphatic heterocycles. The van der Waals surface area contributed by atoms with Gasteiger partial charge in [-0.3, -0.25) is 4.90 Å². The molecule has 0 heterocycles. The Labute approximate surface area is 104 Å². The molecule has 0 N–H and O–H groups in total. The first-order valence-electron chi connectivity index (χ1n) is 6.31. The van der Waals surface area contributed by atoms with Gasteiger partial charge in [-0.15, -0.1) is 0 Å². The van der Waals surface area contributed by atoms with Crippen molar-refractivity contribution in [2.75, 3.05) is 19.1 Å². The number of hydrogen-bond acceptors (Lipinski definition) is 3. The van der Waals surface area contributed by atoms with Crippen molar-refractivity contribution in [2.45, 2.75) is 51.1 Å². The van der Waals surface area contributed by atoms with Crippen LogP contribution in [0.4, 0.5) is 0 Å². The van der Waals surface area contributed by atoms with E-state index < -0.39 is 0 Å². The molecule has 0 aromatic heterocycles. The molecule has 0 amide bonds. The second-order valence-electron chi connectivity index (χ2n) is 4.88.